The first kappa shape index (κ1) is 24.8. The molecule has 0 rings (SSSR count). The third-order valence-corrected chi connectivity index (χ3v) is 21.2. The average molecular weight is 413 g/mol. The molecule has 0 saturated carbocycles. The Morgan fingerprint density at radius 3 is 1.29 bits per heavy atom. The van der Waals surface area contributed by atoms with Crippen molar-refractivity contribution in [2.24, 2.45) is 0 Å². The van der Waals surface area contributed by atoms with Gasteiger partial charge in [-0.05, 0) is 49.6 Å². The van der Waals surface area contributed by atoms with Crippen LogP contribution in [0.15, 0.2) is 0 Å². The molecule has 0 heterocycles. The van der Waals surface area contributed by atoms with E-state index in [-0.39, 0.29) is 0 Å². The van der Waals surface area contributed by atoms with Crippen LogP contribution in [0, 0.1) is 0 Å². The van der Waals surface area contributed by atoms with Crippen LogP contribution in [-0.2, 0) is 12.7 Å². The molecule has 7 heteroatoms. The van der Waals surface area contributed by atoms with Crippen molar-refractivity contribution in [2.75, 3.05) is 12.5 Å². The predicted octanol–water partition coefficient (Wildman–Crippen LogP) is 6.63. The summed E-state index contributed by atoms with van der Waals surface area (Å²) in [4.78, 5) is 0. The molecule has 0 radical (unpaired) electrons. The van der Waals surface area contributed by atoms with E-state index in [1.54, 1.807) is 0 Å². The molecule has 0 N–H and O–H groups in total. The molecule has 0 atom stereocenters. The monoisotopic (exact) mass is 412 g/mol. The minimum atomic E-state index is -2.67. The van der Waals surface area contributed by atoms with Crippen molar-refractivity contribution >= 4 is 37.0 Å². The van der Waals surface area contributed by atoms with E-state index < -0.39 is 25.4 Å². The molecule has 146 valence electrons. The lowest BCUT2D eigenvalue weighted by atomic mass is 10.6. The highest BCUT2D eigenvalue weighted by molar-refractivity contribution is 6.87. The minimum Gasteiger partial charge on any atom is -0.416 e. The van der Waals surface area contributed by atoms with Gasteiger partial charge in [0.25, 0.3) is 0 Å². The molecule has 0 aliphatic heterocycles. The predicted molar refractivity (Wildman–Crippen MR) is 114 cm³/mol. The van der Waals surface area contributed by atoms with E-state index in [0.29, 0.717) is 12.5 Å². The van der Waals surface area contributed by atoms with Gasteiger partial charge in [0, 0.05) is 18.5 Å². The van der Waals surface area contributed by atoms with Crippen LogP contribution in [0.3, 0.4) is 0 Å². The maximum absolute atomic E-state index is 6.99. The Kier molecular flexibility index (Phi) is 12.7. The topological polar surface area (TPSA) is 27.7 Å². The molecule has 0 aromatic rings. The molecule has 0 aliphatic rings. The maximum Gasteiger partial charge on any atom is 0.480 e. The Labute approximate surface area is 159 Å². The van der Waals surface area contributed by atoms with Crippen molar-refractivity contribution in [3.05, 3.63) is 0 Å². The second-order valence-electron chi connectivity index (χ2n) is 6.60. The lowest BCUT2D eigenvalue weighted by molar-refractivity contribution is 0.164. The third kappa shape index (κ3) is 6.85. The Bertz CT molecular complexity index is 286. The lowest BCUT2D eigenvalue weighted by Gasteiger charge is -2.44. The lowest BCUT2D eigenvalue weighted by Crippen LogP contribution is -2.60. The van der Waals surface area contributed by atoms with Gasteiger partial charge in [-0.2, -0.15) is 0 Å². The molecule has 0 aromatic heterocycles. The van der Waals surface area contributed by atoms with E-state index in [0.717, 1.165) is 48.7 Å². The zero-order valence-electron chi connectivity index (χ0n) is 17.2. The van der Waals surface area contributed by atoms with Crippen molar-refractivity contribution < 1.29 is 12.7 Å². The second kappa shape index (κ2) is 12.3. The number of alkyl halides is 1. The molecule has 0 aromatic carbocycles. The molecule has 0 bridgehead atoms. The van der Waals surface area contributed by atoms with E-state index in [4.69, 9.17) is 24.3 Å². The minimum absolute atomic E-state index is 0.645. The van der Waals surface area contributed by atoms with Crippen molar-refractivity contribution in [1.29, 1.82) is 0 Å². The Hall–Kier alpha value is 0.821. The van der Waals surface area contributed by atoms with Gasteiger partial charge < -0.3 is 12.7 Å². The third-order valence-electron chi connectivity index (χ3n) is 5.59. The Balaban J connectivity index is 5.76. The van der Waals surface area contributed by atoms with Crippen LogP contribution >= 0.6 is 11.6 Å². The molecule has 0 aliphatic carbocycles. The van der Waals surface area contributed by atoms with Gasteiger partial charge in [-0.25, -0.2) is 0 Å². The molecule has 0 fully saturated rings. The van der Waals surface area contributed by atoms with E-state index in [1.807, 2.05) is 0 Å². The normalized spacial score (nSPS) is 13.5. The van der Waals surface area contributed by atoms with Crippen LogP contribution in [-0.4, -0.2) is 37.9 Å². The summed E-state index contributed by atoms with van der Waals surface area (Å²) in [6.07, 6.45) is 0.914. The van der Waals surface area contributed by atoms with Gasteiger partial charge in [-0.1, -0.05) is 41.5 Å². The van der Waals surface area contributed by atoms with Gasteiger partial charge in [0.05, 0.1) is 0 Å². The summed E-state index contributed by atoms with van der Waals surface area (Å²) in [5.74, 6) is 0.645. The van der Waals surface area contributed by atoms with E-state index in [9.17, 15) is 0 Å². The van der Waals surface area contributed by atoms with Crippen molar-refractivity contribution in [3.63, 3.8) is 0 Å². The quantitative estimate of drug-likeness (QED) is 0.223. The number of halogens is 1. The fourth-order valence-corrected chi connectivity index (χ4v) is 18.5. The largest absolute Gasteiger partial charge is 0.480 e. The molecule has 0 unspecified atom stereocenters. The summed E-state index contributed by atoms with van der Waals surface area (Å²) >= 11 is 6.03. The van der Waals surface area contributed by atoms with Crippen LogP contribution in [0.25, 0.3) is 0 Å². The summed E-state index contributed by atoms with van der Waals surface area (Å²) in [7, 11) is -6.25. The van der Waals surface area contributed by atoms with Gasteiger partial charge in [0.15, 0.2) is 16.6 Å². The number of hydrogen-bond acceptors (Lipinski definition) is 3. The molecular weight excluding hydrogens is 372 g/mol. The van der Waals surface area contributed by atoms with E-state index in [2.05, 4.69) is 48.5 Å². The first-order valence-corrected chi connectivity index (χ1v) is 17.5. The van der Waals surface area contributed by atoms with Crippen molar-refractivity contribution in [1.82, 2.24) is 0 Å². The smallest absolute Gasteiger partial charge is 0.416 e. The molecule has 24 heavy (non-hydrogen) atoms. The fourth-order valence-electron chi connectivity index (χ4n) is 3.35. The standard InChI is InChI=1S/C17H41ClO3Si3/c1-8-19-24(17-15-16-18,20-22(9-2,10-3)11-4)21-23(12-5,13-6)14-7/h8-17H2,1-7H3. The van der Waals surface area contributed by atoms with E-state index in [1.165, 1.54) is 0 Å². The van der Waals surface area contributed by atoms with Crippen LogP contribution in [0.5, 0.6) is 0 Å². The van der Waals surface area contributed by atoms with Gasteiger partial charge in [-0.3, -0.25) is 0 Å². The highest BCUT2D eigenvalue weighted by Crippen LogP contribution is 2.35. The maximum atomic E-state index is 6.99. The summed E-state index contributed by atoms with van der Waals surface area (Å²) < 4.78 is 20.3. The summed E-state index contributed by atoms with van der Waals surface area (Å²) in [5.41, 5.74) is 0. The highest BCUT2D eigenvalue weighted by Gasteiger charge is 2.51. The van der Waals surface area contributed by atoms with Crippen LogP contribution in [0.4, 0.5) is 0 Å². The van der Waals surface area contributed by atoms with Crippen molar-refractivity contribution in [2.45, 2.75) is 97.2 Å². The highest BCUT2D eigenvalue weighted by atomic mass is 35.5. The van der Waals surface area contributed by atoms with Crippen LogP contribution in [0.1, 0.15) is 54.9 Å². The average Bonchev–Trinajstić information content (AvgIpc) is 2.63. The first-order valence-electron chi connectivity index (χ1n) is 10.0. The molecule has 3 nitrogen and oxygen atoms in total. The first-order chi connectivity index (χ1) is 11.4. The van der Waals surface area contributed by atoms with Crippen LogP contribution in [0.2, 0.25) is 42.3 Å². The van der Waals surface area contributed by atoms with E-state index >= 15 is 0 Å². The molecule has 0 amide bonds. The van der Waals surface area contributed by atoms with Gasteiger partial charge in [0.1, 0.15) is 0 Å². The summed E-state index contributed by atoms with van der Waals surface area (Å²) in [6, 6.07) is 7.65. The summed E-state index contributed by atoms with van der Waals surface area (Å²) in [5, 5.41) is 0. The molecular formula is C17H41ClO3Si3. The fraction of sp³-hybridized carbons (Fsp3) is 1.00. The SMILES string of the molecule is CCO[Si](CCCCl)(O[Si](CC)(CC)CC)O[Si](CC)(CC)CC. The van der Waals surface area contributed by atoms with Gasteiger partial charge in [0.2, 0.25) is 0 Å². The molecule has 0 saturated heterocycles. The second-order valence-corrected chi connectivity index (χ2v) is 19.7. The Morgan fingerprint density at radius 2 is 1.04 bits per heavy atom. The van der Waals surface area contributed by atoms with Gasteiger partial charge in [-0.15, -0.1) is 11.6 Å². The van der Waals surface area contributed by atoms with Gasteiger partial charge >= 0.3 is 8.80 Å². The van der Waals surface area contributed by atoms with Crippen LogP contribution < -0.4 is 0 Å². The zero-order valence-corrected chi connectivity index (χ0v) is 20.9. The summed E-state index contributed by atoms with van der Waals surface area (Å²) in [6.45, 7) is 16.4. The molecule has 0 spiro atoms. The number of rotatable bonds is 15. The Morgan fingerprint density at radius 1 is 0.667 bits per heavy atom. The zero-order chi connectivity index (χ0) is 18.7. The van der Waals surface area contributed by atoms with Crippen molar-refractivity contribution in [3.8, 4) is 0 Å². The number of hydrogen-bond donors (Lipinski definition) is 0.